The molecule has 1 aliphatic heterocycles. The number of hydrogen-bond acceptors (Lipinski definition) is 3. The smallest absolute Gasteiger partial charge is 0.322 e. The second-order valence-electron chi connectivity index (χ2n) is 5.48. The number of urea groups is 1. The number of amides is 2. The number of morpholine rings is 1. The summed E-state index contributed by atoms with van der Waals surface area (Å²) in [5.41, 5.74) is 2.01. The third kappa shape index (κ3) is 3.70. The van der Waals surface area contributed by atoms with Gasteiger partial charge in [-0.15, -0.1) is 0 Å². The van der Waals surface area contributed by atoms with Gasteiger partial charge >= 0.3 is 6.03 Å². The number of ether oxygens (including phenoxy) is 1. The first-order valence-corrected chi connectivity index (χ1v) is 7.59. The molecule has 0 bridgehead atoms. The summed E-state index contributed by atoms with van der Waals surface area (Å²) in [5.74, 6) is -0.301. The molecule has 1 N–H and O–H groups in total. The van der Waals surface area contributed by atoms with Crippen LogP contribution in [0.25, 0.3) is 0 Å². The van der Waals surface area contributed by atoms with E-state index in [0.29, 0.717) is 30.9 Å². The van der Waals surface area contributed by atoms with Crippen molar-refractivity contribution in [1.82, 2.24) is 4.90 Å². The van der Waals surface area contributed by atoms with Crippen LogP contribution in [0, 0.1) is 17.1 Å². The molecule has 0 aromatic heterocycles. The van der Waals surface area contributed by atoms with E-state index >= 15 is 0 Å². The standard InChI is InChI=1S/C18H16FN3O2/c19-15-5-3-14(4-6-15)17-12-22(9-10-24-17)18(23)21-16-7-1-13(11-20)2-8-16/h1-8,17H,9-10,12H2,(H,21,23). The fourth-order valence-electron chi connectivity index (χ4n) is 2.54. The maximum absolute atomic E-state index is 13.0. The quantitative estimate of drug-likeness (QED) is 0.921. The second kappa shape index (κ2) is 7.11. The van der Waals surface area contributed by atoms with Crippen LogP contribution in [0.15, 0.2) is 48.5 Å². The lowest BCUT2D eigenvalue weighted by Crippen LogP contribution is -2.44. The van der Waals surface area contributed by atoms with Crippen LogP contribution in [0.1, 0.15) is 17.2 Å². The number of nitriles is 1. The molecule has 1 unspecified atom stereocenters. The van der Waals surface area contributed by atoms with E-state index in [2.05, 4.69) is 5.32 Å². The summed E-state index contributed by atoms with van der Waals surface area (Å²) in [6.07, 6.45) is -0.272. The Morgan fingerprint density at radius 1 is 1.21 bits per heavy atom. The number of nitrogens with one attached hydrogen (secondary N) is 1. The van der Waals surface area contributed by atoms with Gasteiger partial charge in [-0.2, -0.15) is 5.26 Å². The molecule has 1 saturated heterocycles. The third-order valence-electron chi connectivity index (χ3n) is 3.86. The van der Waals surface area contributed by atoms with E-state index < -0.39 is 0 Å². The molecule has 1 atom stereocenters. The normalized spacial score (nSPS) is 17.2. The monoisotopic (exact) mass is 325 g/mol. The van der Waals surface area contributed by atoms with Crippen molar-refractivity contribution in [2.45, 2.75) is 6.10 Å². The molecule has 0 radical (unpaired) electrons. The molecule has 2 amide bonds. The summed E-state index contributed by atoms with van der Waals surface area (Å²) >= 11 is 0. The van der Waals surface area contributed by atoms with Gasteiger partial charge in [0.2, 0.25) is 0 Å². The second-order valence-corrected chi connectivity index (χ2v) is 5.48. The number of benzene rings is 2. The number of carbonyl (C=O) groups is 1. The van der Waals surface area contributed by atoms with Gasteiger partial charge in [0.25, 0.3) is 0 Å². The molecule has 1 aliphatic rings. The van der Waals surface area contributed by atoms with E-state index in [-0.39, 0.29) is 18.0 Å². The van der Waals surface area contributed by atoms with Gasteiger partial charge in [0.1, 0.15) is 11.9 Å². The SMILES string of the molecule is N#Cc1ccc(NC(=O)N2CCOC(c3ccc(F)cc3)C2)cc1. The van der Waals surface area contributed by atoms with Crippen molar-refractivity contribution >= 4 is 11.7 Å². The highest BCUT2D eigenvalue weighted by atomic mass is 19.1. The van der Waals surface area contributed by atoms with E-state index in [1.165, 1.54) is 12.1 Å². The predicted octanol–water partition coefficient (Wildman–Crippen LogP) is 3.30. The number of nitrogens with zero attached hydrogens (tertiary/aromatic N) is 2. The predicted molar refractivity (Wildman–Crippen MR) is 86.8 cm³/mol. The minimum absolute atomic E-state index is 0.227. The van der Waals surface area contributed by atoms with Crippen molar-refractivity contribution in [2.75, 3.05) is 25.0 Å². The lowest BCUT2D eigenvalue weighted by molar-refractivity contribution is -0.0135. The number of hydrogen-bond donors (Lipinski definition) is 1. The van der Waals surface area contributed by atoms with E-state index in [9.17, 15) is 9.18 Å². The van der Waals surface area contributed by atoms with Crippen molar-refractivity contribution < 1.29 is 13.9 Å². The van der Waals surface area contributed by atoms with Crippen LogP contribution >= 0.6 is 0 Å². The molecule has 5 nitrogen and oxygen atoms in total. The minimum Gasteiger partial charge on any atom is -0.370 e. The molecule has 122 valence electrons. The molecule has 2 aromatic rings. The Kier molecular flexibility index (Phi) is 4.73. The topological polar surface area (TPSA) is 65.4 Å². The Bertz CT molecular complexity index is 753. The van der Waals surface area contributed by atoms with Gasteiger partial charge < -0.3 is 15.0 Å². The molecule has 1 heterocycles. The molecule has 0 aliphatic carbocycles. The Balaban J connectivity index is 1.64. The number of anilines is 1. The van der Waals surface area contributed by atoms with Crippen LogP contribution in [0.3, 0.4) is 0 Å². The summed E-state index contributed by atoms with van der Waals surface area (Å²) < 4.78 is 18.7. The Morgan fingerprint density at radius 3 is 2.58 bits per heavy atom. The van der Waals surface area contributed by atoms with Gasteiger partial charge in [-0.1, -0.05) is 12.1 Å². The van der Waals surface area contributed by atoms with Crippen LogP contribution in [0.5, 0.6) is 0 Å². The van der Waals surface area contributed by atoms with Crippen molar-refractivity contribution in [3.63, 3.8) is 0 Å². The molecule has 3 rings (SSSR count). The van der Waals surface area contributed by atoms with E-state index in [0.717, 1.165) is 5.56 Å². The van der Waals surface area contributed by atoms with Gasteiger partial charge in [0.05, 0.1) is 24.8 Å². The van der Waals surface area contributed by atoms with Gasteiger partial charge in [-0.3, -0.25) is 0 Å². The number of halogens is 1. The Hall–Kier alpha value is -2.91. The summed E-state index contributed by atoms with van der Waals surface area (Å²) in [4.78, 5) is 14.0. The van der Waals surface area contributed by atoms with E-state index in [4.69, 9.17) is 10.00 Å². The van der Waals surface area contributed by atoms with Crippen molar-refractivity contribution in [3.8, 4) is 6.07 Å². The van der Waals surface area contributed by atoms with Crippen LogP contribution in [-0.4, -0.2) is 30.6 Å². The maximum atomic E-state index is 13.0. The molecule has 6 heteroatoms. The highest BCUT2D eigenvalue weighted by Gasteiger charge is 2.25. The first-order valence-electron chi connectivity index (χ1n) is 7.59. The zero-order valence-electron chi connectivity index (χ0n) is 12.9. The molecule has 24 heavy (non-hydrogen) atoms. The lowest BCUT2D eigenvalue weighted by atomic mass is 10.1. The summed E-state index contributed by atoms with van der Waals surface area (Å²) in [6.45, 7) is 1.30. The van der Waals surface area contributed by atoms with Crippen molar-refractivity contribution in [1.29, 1.82) is 5.26 Å². The lowest BCUT2D eigenvalue weighted by Gasteiger charge is -2.33. The van der Waals surface area contributed by atoms with Crippen molar-refractivity contribution in [3.05, 3.63) is 65.5 Å². The number of carbonyl (C=O) groups excluding carboxylic acids is 1. The molecular formula is C18H16FN3O2. The van der Waals surface area contributed by atoms with Gasteiger partial charge in [0.15, 0.2) is 0 Å². The van der Waals surface area contributed by atoms with Crippen LogP contribution < -0.4 is 5.32 Å². The average Bonchev–Trinajstić information content (AvgIpc) is 2.63. The zero-order chi connectivity index (χ0) is 16.9. The Morgan fingerprint density at radius 2 is 1.92 bits per heavy atom. The highest BCUT2D eigenvalue weighted by Crippen LogP contribution is 2.23. The fourth-order valence-corrected chi connectivity index (χ4v) is 2.54. The summed E-state index contributed by atoms with van der Waals surface area (Å²) in [5, 5.41) is 11.6. The van der Waals surface area contributed by atoms with E-state index in [1.54, 1.807) is 41.3 Å². The largest absolute Gasteiger partial charge is 0.370 e. The minimum atomic E-state index is -0.301. The van der Waals surface area contributed by atoms with E-state index in [1.807, 2.05) is 6.07 Å². The first-order chi connectivity index (χ1) is 11.7. The van der Waals surface area contributed by atoms with Gasteiger partial charge in [-0.05, 0) is 42.0 Å². The summed E-state index contributed by atoms with van der Waals surface area (Å²) in [6, 6.07) is 14.6. The molecule has 0 saturated carbocycles. The van der Waals surface area contributed by atoms with Gasteiger partial charge in [-0.25, -0.2) is 9.18 Å². The molecule has 1 fully saturated rings. The van der Waals surface area contributed by atoms with Crippen molar-refractivity contribution in [2.24, 2.45) is 0 Å². The fraction of sp³-hybridized carbons (Fsp3) is 0.222. The molecule has 2 aromatic carbocycles. The maximum Gasteiger partial charge on any atom is 0.322 e. The summed E-state index contributed by atoms with van der Waals surface area (Å²) in [7, 11) is 0. The highest BCUT2D eigenvalue weighted by molar-refractivity contribution is 5.89. The third-order valence-corrected chi connectivity index (χ3v) is 3.86. The van der Waals surface area contributed by atoms with Crippen LogP contribution in [0.4, 0.5) is 14.9 Å². The average molecular weight is 325 g/mol. The Labute approximate surface area is 139 Å². The number of rotatable bonds is 2. The van der Waals surface area contributed by atoms with Crippen LogP contribution in [-0.2, 0) is 4.74 Å². The first kappa shape index (κ1) is 16.0. The van der Waals surface area contributed by atoms with Gasteiger partial charge in [0, 0.05) is 12.2 Å². The zero-order valence-corrected chi connectivity index (χ0v) is 12.9. The van der Waals surface area contributed by atoms with Crippen LogP contribution in [0.2, 0.25) is 0 Å². The molecule has 0 spiro atoms. The molecular weight excluding hydrogens is 309 g/mol.